The van der Waals surface area contributed by atoms with Crippen LogP contribution in [0, 0.1) is 0 Å². The highest BCUT2D eigenvalue weighted by molar-refractivity contribution is 5.80. The topological polar surface area (TPSA) is 72.9 Å². The molecular weight excluding hydrogens is 216 g/mol. The molecule has 17 heavy (non-hydrogen) atoms. The Morgan fingerprint density at radius 1 is 1.65 bits per heavy atom. The highest BCUT2D eigenvalue weighted by Gasteiger charge is 2.12. The molecule has 94 valence electrons. The van der Waals surface area contributed by atoms with Gasteiger partial charge in [-0.25, -0.2) is 4.98 Å². The van der Waals surface area contributed by atoms with E-state index in [-0.39, 0.29) is 5.91 Å². The zero-order valence-corrected chi connectivity index (χ0v) is 10.3. The molecule has 1 aromatic heterocycles. The molecule has 0 unspecified atom stereocenters. The molecule has 0 aliphatic carbocycles. The molecular formula is C12H20N4O. The molecule has 1 aliphatic rings. The van der Waals surface area contributed by atoms with Crippen LogP contribution in [0.1, 0.15) is 31.3 Å². The van der Waals surface area contributed by atoms with Gasteiger partial charge in [0, 0.05) is 32.1 Å². The van der Waals surface area contributed by atoms with Crippen LogP contribution < -0.4 is 11.1 Å². The Morgan fingerprint density at radius 3 is 3.18 bits per heavy atom. The van der Waals surface area contributed by atoms with Crippen molar-refractivity contribution >= 4 is 5.91 Å². The van der Waals surface area contributed by atoms with Crippen molar-refractivity contribution in [2.45, 2.75) is 45.2 Å². The molecule has 0 aromatic carbocycles. The molecule has 0 spiro atoms. The standard InChI is InChI=1S/C12H20N4O/c1-9(13)12(17)14-6-5-10-8-16-7-3-2-4-11(16)15-10/h8-9H,2-7,13H2,1H3,(H,14,17)/t9-/m1/s1. The molecule has 5 nitrogen and oxygen atoms in total. The van der Waals surface area contributed by atoms with Gasteiger partial charge >= 0.3 is 0 Å². The van der Waals surface area contributed by atoms with Gasteiger partial charge in [0.05, 0.1) is 11.7 Å². The van der Waals surface area contributed by atoms with Gasteiger partial charge in [0.25, 0.3) is 0 Å². The van der Waals surface area contributed by atoms with Gasteiger partial charge in [0.2, 0.25) is 5.91 Å². The average molecular weight is 236 g/mol. The third-order valence-electron chi connectivity index (χ3n) is 3.05. The predicted molar refractivity (Wildman–Crippen MR) is 65.5 cm³/mol. The minimum atomic E-state index is -0.440. The summed E-state index contributed by atoms with van der Waals surface area (Å²) in [6.07, 6.45) is 6.43. The van der Waals surface area contributed by atoms with Crippen LogP contribution in [0.5, 0.6) is 0 Å². The van der Waals surface area contributed by atoms with Gasteiger partial charge in [-0.05, 0) is 19.8 Å². The number of carbonyl (C=O) groups excluding carboxylic acids is 1. The summed E-state index contributed by atoms with van der Waals surface area (Å²) in [5, 5.41) is 2.80. The third-order valence-corrected chi connectivity index (χ3v) is 3.05. The number of rotatable bonds is 4. The van der Waals surface area contributed by atoms with Crippen LogP contribution in [0.2, 0.25) is 0 Å². The predicted octanol–water partition coefficient (Wildman–Crippen LogP) is 0.225. The second kappa shape index (κ2) is 5.31. The Labute approximate surface area is 101 Å². The first-order chi connectivity index (χ1) is 8.16. The lowest BCUT2D eigenvalue weighted by Gasteiger charge is -2.11. The fourth-order valence-corrected chi connectivity index (χ4v) is 2.07. The summed E-state index contributed by atoms with van der Waals surface area (Å²) in [7, 11) is 0. The largest absolute Gasteiger partial charge is 0.354 e. The highest BCUT2D eigenvalue weighted by atomic mass is 16.2. The van der Waals surface area contributed by atoms with E-state index in [2.05, 4.69) is 21.1 Å². The van der Waals surface area contributed by atoms with Crippen LogP contribution in [-0.2, 0) is 24.2 Å². The number of aryl methyl sites for hydroxylation is 2. The molecule has 0 saturated heterocycles. The van der Waals surface area contributed by atoms with E-state index < -0.39 is 6.04 Å². The van der Waals surface area contributed by atoms with Crippen molar-refractivity contribution in [1.82, 2.24) is 14.9 Å². The number of amides is 1. The Bertz CT molecular complexity index is 374. The number of fused-ring (bicyclic) bond motifs is 1. The van der Waals surface area contributed by atoms with Gasteiger partial charge in [0.1, 0.15) is 5.82 Å². The normalized spacial score (nSPS) is 16.4. The van der Waals surface area contributed by atoms with Crippen LogP contribution >= 0.6 is 0 Å². The Hall–Kier alpha value is -1.36. The number of nitrogens with two attached hydrogens (primary N) is 1. The molecule has 0 saturated carbocycles. The van der Waals surface area contributed by atoms with E-state index >= 15 is 0 Å². The summed E-state index contributed by atoms with van der Waals surface area (Å²) in [4.78, 5) is 15.8. The van der Waals surface area contributed by atoms with Crippen LogP contribution in [0.25, 0.3) is 0 Å². The van der Waals surface area contributed by atoms with E-state index in [4.69, 9.17) is 5.73 Å². The van der Waals surface area contributed by atoms with E-state index in [0.717, 1.165) is 25.1 Å². The molecule has 1 atom stereocenters. The van der Waals surface area contributed by atoms with Crippen molar-refractivity contribution in [2.75, 3.05) is 6.54 Å². The Morgan fingerprint density at radius 2 is 2.47 bits per heavy atom. The number of nitrogens with one attached hydrogen (secondary N) is 1. The minimum Gasteiger partial charge on any atom is -0.354 e. The zero-order valence-electron chi connectivity index (χ0n) is 10.3. The van der Waals surface area contributed by atoms with E-state index in [9.17, 15) is 4.79 Å². The van der Waals surface area contributed by atoms with Gasteiger partial charge in [-0.2, -0.15) is 0 Å². The maximum absolute atomic E-state index is 11.3. The van der Waals surface area contributed by atoms with Crippen molar-refractivity contribution in [2.24, 2.45) is 5.73 Å². The van der Waals surface area contributed by atoms with Gasteiger partial charge in [-0.15, -0.1) is 0 Å². The molecule has 3 N–H and O–H groups in total. The average Bonchev–Trinajstić information content (AvgIpc) is 2.71. The number of imidazole rings is 1. The van der Waals surface area contributed by atoms with E-state index in [1.165, 1.54) is 18.7 Å². The maximum atomic E-state index is 11.3. The van der Waals surface area contributed by atoms with Crippen LogP contribution in [0.15, 0.2) is 6.20 Å². The lowest BCUT2D eigenvalue weighted by Crippen LogP contribution is -2.39. The molecule has 2 rings (SSSR count). The molecule has 5 heteroatoms. The lowest BCUT2D eigenvalue weighted by molar-refractivity contribution is -0.121. The van der Waals surface area contributed by atoms with Crippen LogP contribution in [-0.4, -0.2) is 28.0 Å². The summed E-state index contributed by atoms with van der Waals surface area (Å²) in [6.45, 7) is 3.37. The maximum Gasteiger partial charge on any atom is 0.236 e. The molecule has 1 aromatic rings. The Balaban J connectivity index is 1.83. The summed E-state index contributed by atoms with van der Waals surface area (Å²) in [5.41, 5.74) is 6.53. The van der Waals surface area contributed by atoms with Crippen LogP contribution in [0.4, 0.5) is 0 Å². The molecule has 0 bridgehead atoms. The van der Waals surface area contributed by atoms with Crippen molar-refractivity contribution in [3.8, 4) is 0 Å². The van der Waals surface area contributed by atoms with Crippen molar-refractivity contribution in [1.29, 1.82) is 0 Å². The monoisotopic (exact) mass is 236 g/mol. The first-order valence-electron chi connectivity index (χ1n) is 6.25. The lowest BCUT2D eigenvalue weighted by atomic mass is 10.2. The molecule has 1 amide bonds. The first-order valence-corrected chi connectivity index (χ1v) is 6.25. The number of aromatic nitrogens is 2. The first kappa shape index (κ1) is 12.1. The number of nitrogens with zero attached hydrogens (tertiary/aromatic N) is 2. The van der Waals surface area contributed by atoms with Crippen molar-refractivity contribution in [3.05, 3.63) is 17.7 Å². The molecule has 1 aliphatic heterocycles. The summed E-state index contributed by atoms with van der Waals surface area (Å²) in [5.74, 6) is 1.08. The molecule has 0 radical (unpaired) electrons. The SMILES string of the molecule is C[C@@H](N)C(=O)NCCc1cn2c(n1)CCCC2. The summed E-state index contributed by atoms with van der Waals surface area (Å²) < 4.78 is 2.23. The fraction of sp³-hybridized carbons (Fsp3) is 0.667. The molecule has 0 fully saturated rings. The number of hydrogen-bond acceptors (Lipinski definition) is 3. The van der Waals surface area contributed by atoms with Gasteiger partial charge in [-0.3, -0.25) is 4.79 Å². The fourth-order valence-electron chi connectivity index (χ4n) is 2.07. The quantitative estimate of drug-likeness (QED) is 0.785. The summed E-state index contributed by atoms with van der Waals surface area (Å²) >= 11 is 0. The van der Waals surface area contributed by atoms with Gasteiger partial charge in [-0.1, -0.05) is 0 Å². The Kier molecular flexibility index (Phi) is 3.78. The number of hydrogen-bond donors (Lipinski definition) is 2. The minimum absolute atomic E-state index is 0.103. The second-order valence-electron chi connectivity index (χ2n) is 4.63. The second-order valence-corrected chi connectivity index (χ2v) is 4.63. The van der Waals surface area contributed by atoms with Crippen LogP contribution in [0.3, 0.4) is 0 Å². The van der Waals surface area contributed by atoms with E-state index in [1.807, 2.05) is 0 Å². The van der Waals surface area contributed by atoms with E-state index in [0.29, 0.717) is 6.54 Å². The summed E-state index contributed by atoms with van der Waals surface area (Å²) in [6, 6.07) is -0.440. The highest BCUT2D eigenvalue weighted by Crippen LogP contribution is 2.14. The van der Waals surface area contributed by atoms with Crippen molar-refractivity contribution < 1.29 is 4.79 Å². The smallest absolute Gasteiger partial charge is 0.236 e. The van der Waals surface area contributed by atoms with E-state index in [1.54, 1.807) is 6.92 Å². The van der Waals surface area contributed by atoms with Gasteiger partial charge in [0.15, 0.2) is 0 Å². The number of carbonyl (C=O) groups is 1. The third kappa shape index (κ3) is 3.06. The zero-order chi connectivity index (χ0) is 12.3. The molecule has 2 heterocycles. The van der Waals surface area contributed by atoms with Crippen molar-refractivity contribution in [3.63, 3.8) is 0 Å². The van der Waals surface area contributed by atoms with Gasteiger partial charge < -0.3 is 15.6 Å².